The Bertz CT molecular complexity index is 1450. The number of amides is 1. The van der Waals surface area contributed by atoms with Crippen molar-refractivity contribution < 1.29 is 26.7 Å². The van der Waals surface area contributed by atoms with Gasteiger partial charge in [0.2, 0.25) is 16.0 Å². The molecule has 210 valence electrons. The number of hydrogen-bond acceptors (Lipinski definition) is 8. The number of pyridine rings is 1. The number of nitrogens with one attached hydrogen (secondary N) is 2. The van der Waals surface area contributed by atoms with Crippen molar-refractivity contribution in [2.45, 2.75) is 51.6 Å². The zero-order valence-corrected chi connectivity index (χ0v) is 22.9. The van der Waals surface area contributed by atoms with E-state index in [2.05, 4.69) is 25.6 Å². The minimum atomic E-state index is -3.26. The lowest BCUT2D eigenvalue weighted by atomic mass is 9.99. The number of carbonyl (C=O) groups excluding carboxylic acids is 1. The monoisotopic (exact) mass is 562 g/mol. The molecule has 1 saturated heterocycles. The number of sulfonamides is 1. The molecule has 0 bridgehead atoms. The molecule has 1 aromatic carbocycles. The van der Waals surface area contributed by atoms with Gasteiger partial charge in [0, 0.05) is 36.3 Å². The molecule has 1 amide bonds. The number of fused-ring (bicyclic) bond motifs is 1. The van der Waals surface area contributed by atoms with Crippen LogP contribution in [0.15, 0.2) is 30.6 Å². The van der Waals surface area contributed by atoms with Crippen LogP contribution in [0.3, 0.4) is 0 Å². The molecule has 1 fully saturated rings. The molecule has 13 heteroatoms. The molecule has 2 N–H and O–H groups in total. The van der Waals surface area contributed by atoms with E-state index in [4.69, 9.17) is 4.74 Å². The zero-order chi connectivity index (χ0) is 28.2. The van der Waals surface area contributed by atoms with E-state index >= 15 is 4.39 Å². The van der Waals surface area contributed by atoms with Crippen LogP contribution >= 0.6 is 0 Å². The highest BCUT2D eigenvalue weighted by atomic mass is 32.2. The summed E-state index contributed by atoms with van der Waals surface area (Å²) < 4.78 is 60.2. The van der Waals surface area contributed by atoms with Gasteiger partial charge in [-0.3, -0.25) is 4.98 Å². The highest BCUT2D eigenvalue weighted by Crippen LogP contribution is 2.31. The quantitative estimate of drug-likeness (QED) is 0.368. The second kappa shape index (κ2) is 12.2. The van der Waals surface area contributed by atoms with E-state index < -0.39 is 33.8 Å². The van der Waals surface area contributed by atoms with E-state index in [1.54, 1.807) is 19.1 Å². The molecule has 3 heterocycles. The van der Waals surface area contributed by atoms with Crippen molar-refractivity contribution in [1.29, 1.82) is 0 Å². The number of piperidine rings is 1. The van der Waals surface area contributed by atoms with Crippen LogP contribution in [0.4, 0.5) is 19.5 Å². The number of alkyl carbamates (subject to hydrolysis) is 1. The van der Waals surface area contributed by atoms with Crippen molar-refractivity contribution in [3.05, 3.63) is 47.8 Å². The number of carbonyl (C=O) groups is 1. The highest BCUT2D eigenvalue weighted by Gasteiger charge is 2.26. The number of anilines is 1. The molecule has 1 unspecified atom stereocenters. The predicted molar refractivity (Wildman–Crippen MR) is 144 cm³/mol. The minimum Gasteiger partial charge on any atom is -0.450 e. The van der Waals surface area contributed by atoms with E-state index in [0.29, 0.717) is 43.5 Å². The first-order valence-electron chi connectivity index (χ1n) is 12.8. The first-order chi connectivity index (χ1) is 18.6. The second-order valence-electron chi connectivity index (χ2n) is 9.58. The molecule has 1 atom stereocenters. The molecule has 0 saturated carbocycles. The van der Waals surface area contributed by atoms with E-state index in [9.17, 15) is 17.6 Å². The van der Waals surface area contributed by atoms with Gasteiger partial charge in [0.15, 0.2) is 5.82 Å². The summed E-state index contributed by atoms with van der Waals surface area (Å²) in [5.41, 5.74) is 0.742. The van der Waals surface area contributed by atoms with E-state index in [-0.39, 0.29) is 28.8 Å². The number of halogens is 2. The Hall–Kier alpha value is -3.45. The van der Waals surface area contributed by atoms with Crippen LogP contribution in [0.2, 0.25) is 0 Å². The van der Waals surface area contributed by atoms with Gasteiger partial charge in [-0.1, -0.05) is 13.3 Å². The van der Waals surface area contributed by atoms with Crippen molar-refractivity contribution in [3.63, 3.8) is 0 Å². The molecule has 0 aliphatic carbocycles. The maximum Gasteiger partial charge on any atom is 0.407 e. The van der Waals surface area contributed by atoms with Crippen LogP contribution in [-0.2, 0) is 14.8 Å². The van der Waals surface area contributed by atoms with Crippen LogP contribution in [-0.4, -0.2) is 65.8 Å². The molecular formula is C26H32F2N6O4S. The van der Waals surface area contributed by atoms with Crippen molar-refractivity contribution in [1.82, 2.24) is 24.6 Å². The number of aromatic nitrogens is 3. The maximum absolute atomic E-state index is 15.2. The molecule has 0 radical (unpaired) electrons. The molecule has 2 aromatic heterocycles. The number of rotatable bonds is 9. The minimum absolute atomic E-state index is 0.0784. The lowest BCUT2D eigenvalue weighted by molar-refractivity contribution is 0.141. The molecule has 3 aromatic rings. The van der Waals surface area contributed by atoms with Crippen LogP contribution in [0.1, 0.15) is 51.1 Å². The van der Waals surface area contributed by atoms with Gasteiger partial charge < -0.3 is 15.4 Å². The Kier molecular flexibility index (Phi) is 8.90. The number of hydrogen-bond donors (Lipinski definition) is 2. The van der Waals surface area contributed by atoms with E-state index in [1.807, 2.05) is 6.92 Å². The van der Waals surface area contributed by atoms with Gasteiger partial charge in [-0.05, 0) is 49.9 Å². The molecule has 1 aliphatic rings. The molecule has 0 spiro atoms. The van der Waals surface area contributed by atoms with Gasteiger partial charge in [-0.25, -0.2) is 36.3 Å². The third-order valence-corrected chi connectivity index (χ3v) is 7.94. The Balaban J connectivity index is 1.59. The van der Waals surface area contributed by atoms with Gasteiger partial charge in [0.1, 0.15) is 17.0 Å². The Morgan fingerprint density at radius 3 is 2.64 bits per heavy atom. The predicted octanol–water partition coefficient (Wildman–Crippen LogP) is 4.39. The lowest BCUT2D eigenvalue weighted by Crippen LogP contribution is -2.42. The van der Waals surface area contributed by atoms with Gasteiger partial charge in [-0.2, -0.15) is 0 Å². The van der Waals surface area contributed by atoms with Gasteiger partial charge in [-0.15, -0.1) is 0 Å². The fraction of sp³-hybridized carbons (Fsp3) is 0.462. The topological polar surface area (TPSA) is 126 Å². The molecule has 39 heavy (non-hydrogen) atoms. The van der Waals surface area contributed by atoms with Crippen LogP contribution in [0, 0.1) is 11.6 Å². The van der Waals surface area contributed by atoms with Crippen LogP contribution < -0.4 is 10.6 Å². The largest absolute Gasteiger partial charge is 0.450 e. The summed E-state index contributed by atoms with van der Waals surface area (Å²) in [5, 5.41) is 6.28. The van der Waals surface area contributed by atoms with Crippen molar-refractivity contribution in [3.8, 4) is 11.3 Å². The third kappa shape index (κ3) is 6.95. The Morgan fingerprint density at radius 2 is 1.95 bits per heavy atom. The van der Waals surface area contributed by atoms with E-state index in [1.165, 1.54) is 16.8 Å². The SMILES string of the molecule is CCCCOC(=O)NC(C)c1ccnc2c(F)cc(-c3nc(NC4CCN(S(C)(=O)=O)CC4)ncc3F)cc12. The fourth-order valence-corrected chi connectivity index (χ4v) is 5.38. The fourth-order valence-electron chi connectivity index (χ4n) is 4.51. The molecular weight excluding hydrogens is 530 g/mol. The summed E-state index contributed by atoms with van der Waals surface area (Å²) >= 11 is 0. The standard InChI is InChI=1S/C26H32F2N6O4S/c1-4-5-12-38-26(35)31-16(2)19-6-9-29-24-20(19)13-17(14-21(24)27)23-22(28)15-30-25(33-23)32-18-7-10-34(11-8-18)39(3,36)37/h6,9,13-16,18H,4-5,7-8,10-12H2,1-3H3,(H,31,35)(H,30,32,33). The van der Waals surface area contributed by atoms with E-state index in [0.717, 1.165) is 25.1 Å². The summed E-state index contributed by atoms with van der Waals surface area (Å²) in [6.45, 7) is 4.74. The number of ether oxygens (including phenoxy) is 1. The van der Waals surface area contributed by atoms with Gasteiger partial charge in [0.05, 0.1) is 25.1 Å². The zero-order valence-electron chi connectivity index (χ0n) is 22.1. The normalized spacial score (nSPS) is 15.7. The summed E-state index contributed by atoms with van der Waals surface area (Å²) in [5.74, 6) is -1.24. The van der Waals surface area contributed by atoms with Crippen LogP contribution in [0.25, 0.3) is 22.2 Å². The number of nitrogens with zero attached hydrogens (tertiary/aromatic N) is 4. The summed E-state index contributed by atoms with van der Waals surface area (Å²) in [6.07, 6.45) is 5.76. The third-order valence-electron chi connectivity index (χ3n) is 6.64. The first kappa shape index (κ1) is 28.6. The molecule has 10 nitrogen and oxygen atoms in total. The molecule has 4 rings (SSSR count). The number of unbranched alkanes of at least 4 members (excludes halogenated alkanes) is 1. The lowest BCUT2D eigenvalue weighted by Gasteiger charge is -2.30. The van der Waals surface area contributed by atoms with Crippen molar-refractivity contribution in [2.75, 3.05) is 31.3 Å². The summed E-state index contributed by atoms with van der Waals surface area (Å²) in [4.78, 5) is 24.6. The first-order valence-corrected chi connectivity index (χ1v) is 14.7. The Morgan fingerprint density at radius 1 is 1.21 bits per heavy atom. The van der Waals surface area contributed by atoms with Gasteiger partial charge >= 0.3 is 6.09 Å². The van der Waals surface area contributed by atoms with Crippen molar-refractivity contribution in [2.24, 2.45) is 0 Å². The second-order valence-corrected chi connectivity index (χ2v) is 11.6. The number of benzene rings is 1. The van der Waals surface area contributed by atoms with Crippen LogP contribution in [0.5, 0.6) is 0 Å². The summed E-state index contributed by atoms with van der Waals surface area (Å²) in [6, 6.07) is 3.77. The average molecular weight is 563 g/mol. The smallest absolute Gasteiger partial charge is 0.407 e. The maximum atomic E-state index is 15.2. The molecule has 1 aliphatic heterocycles. The summed E-state index contributed by atoms with van der Waals surface area (Å²) in [7, 11) is -3.26. The van der Waals surface area contributed by atoms with Gasteiger partial charge in [0.25, 0.3) is 0 Å². The van der Waals surface area contributed by atoms with Crippen molar-refractivity contribution >= 4 is 33.0 Å². The average Bonchev–Trinajstić information content (AvgIpc) is 2.89. The highest BCUT2D eigenvalue weighted by molar-refractivity contribution is 7.88. The Labute approximate surface area is 226 Å².